The Balaban J connectivity index is 2.48. The first-order valence-corrected chi connectivity index (χ1v) is 6.75. The highest BCUT2D eigenvalue weighted by Crippen LogP contribution is 2.14. The maximum Gasteiger partial charge on any atom is 0.202 e. The molecule has 0 aliphatic heterocycles. The Morgan fingerprint density at radius 2 is 2.38 bits per heavy atom. The third kappa shape index (κ3) is 4.63. The number of ether oxygens (including phenoxy) is 1. The number of hydrogen-bond acceptors (Lipinski definition) is 5. The average molecular weight is 264 g/mol. The molecule has 1 atom stereocenters. The van der Waals surface area contributed by atoms with Crippen molar-refractivity contribution in [1.29, 1.82) is 0 Å². The fourth-order valence-corrected chi connectivity index (χ4v) is 2.30. The molecule has 6 heteroatoms. The number of aryl methyl sites for hydroxylation is 1. The summed E-state index contributed by atoms with van der Waals surface area (Å²) in [6, 6.07) is 0.213. The predicted octanol–water partition coefficient (Wildman–Crippen LogP) is 2.55. The van der Waals surface area contributed by atoms with Crippen molar-refractivity contribution in [2.24, 2.45) is 0 Å². The van der Waals surface area contributed by atoms with Crippen LogP contribution in [0.4, 0.5) is 5.13 Å². The largest absolute Gasteiger partial charge is 0.383 e. The van der Waals surface area contributed by atoms with Gasteiger partial charge in [0.25, 0.3) is 0 Å². The van der Waals surface area contributed by atoms with E-state index in [0.29, 0.717) is 12.5 Å². The van der Waals surface area contributed by atoms with Crippen LogP contribution >= 0.6 is 23.1 Å². The third-order valence-corrected chi connectivity index (χ3v) is 3.00. The molecule has 0 aliphatic carbocycles. The van der Waals surface area contributed by atoms with Crippen molar-refractivity contribution in [2.45, 2.75) is 32.2 Å². The molecule has 1 unspecified atom stereocenters. The number of nitrogens with one attached hydrogen (secondary N) is 1. The van der Waals surface area contributed by atoms with E-state index in [-0.39, 0.29) is 6.04 Å². The molecular formula is C10H18ClN3OS. The van der Waals surface area contributed by atoms with Crippen molar-refractivity contribution < 1.29 is 4.74 Å². The van der Waals surface area contributed by atoms with E-state index in [4.69, 9.17) is 16.3 Å². The monoisotopic (exact) mass is 263 g/mol. The second kappa shape index (κ2) is 7.81. The van der Waals surface area contributed by atoms with Crippen molar-refractivity contribution >= 4 is 28.3 Å². The van der Waals surface area contributed by atoms with Crippen LogP contribution < -0.4 is 5.32 Å². The molecule has 0 saturated heterocycles. The number of anilines is 1. The van der Waals surface area contributed by atoms with Crippen LogP contribution in [0.2, 0.25) is 0 Å². The average Bonchev–Trinajstić information content (AvgIpc) is 2.67. The second-order valence-electron chi connectivity index (χ2n) is 3.54. The Bertz CT molecular complexity index is 289. The van der Waals surface area contributed by atoms with Crippen LogP contribution in [-0.4, -0.2) is 35.0 Å². The van der Waals surface area contributed by atoms with Crippen LogP contribution in [0, 0.1) is 0 Å². The SMILES string of the molecule is CCCc1nsc(NC(CCCl)COC)n1. The van der Waals surface area contributed by atoms with Crippen molar-refractivity contribution in [3.05, 3.63) is 5.82 Å². The zero-order valence-corrected chi connectivity index (χ0v) is 11.3. The summed E-state index contributed by atoms with van der Waals surface area (Å²) in [5.74, 6) is 1.53. The van der Waals surface area contributed by atoms with Gasteiger partial charge in [-0.15, -0.1) is 11.6 Å². The van der Waals surface area contributed by atoms with E-state index in [0.717, 1.165) is 30.2 Å². The van der Waals surface area contributed by atoms with E-state index in [9.17, 15) is 0 Å². The van der Waals surface area contributed by atoms with Gasteiger partial charge in [-0.2, -0.15) is 4.37 Å². The third-order valence-electron chi connectivity index (χ3n) is 2.09. The Labute approximate surface area is 106 Å². The molecule has 1 heterocycles. The molecule has 0 amide bonds. The van der Waals surface area contributed by atoms with Crippen LogP contribution in [0.1, 0.15) is 25.6 Å². The number of hydrogen-bond donors (Lipinski definition) is 1. The van der Waals surface area contributed by atoms with Crippen LogP contribution in [0.3, 0.4) is 0 Å². The van der Waals surface area contributed by atoms with Crippen LogP contribution in [0.15, 0.2) is 0 Å². The van der Waals surface area contributed by atoms with E-state index < -0.39 is 0 Å². The summed E-state index contributed by atoms with van der Waals surface area (Å²) in [5.41, 5.74) is 0. The number of nitrogens with zero attached hydrogens (tertiary/aromatic N) is 2. The molecule has 0 radical (unpaired) electrons. The van der Waals surface area contributed by atoms with Gasteiger partial charge in [-0.1, -0.05) is 6.92 Å². The molecule has 1 rings (SSSR count). The summed E-state index contributed by atoms with van der Waals surface area (Å²) >= 11 is 7.12. The van der Waals surface area contributed by atoms with Crippen molar-refractivity contribution in [3.63, 3.8) is 0 Å². The van der Waals surface area contributed by atoms with Crippen molar-refractivity contribution in [2.75, 3.05) is 24.9 Å². The van der Waals surface area contributed by atoms with Gasteiger partial charge in [-0.3, -0.25) is 0 Å². The van der Waals surface area contributed by atoms with Gasteiger partial charge >= 0.3 is 0 Å². The first kappa shape index (κ1) is 13.7. The van der Waals surface area contributed by atoms with Gasteiger partial charge in [-0.25, -0.2) is 4.98 Å². The molecule has 16 heavy (non-hydrogen) atoms. The van der Waals surface area contributed by atoms with Gasteiger partial charge in [0.05, 0.1) is 12.6 Å². The molecule has 0 bridgehead atoms. The lowest BCUT2D eigenvalue weighted by molar-refractivity contribution is 0.184. The maximum absolute atomic E-state index is 5.72. The molecule has 0 fully saturated rings. The van der Waals surface area contributed by atoms with E-state index in [1.165, 1.54) is 11.5 Å². The molecule has 1 aromatic rings. The Morgan fingerprint density at radius 1 is 1.56 bits per heavy atom. The van der Waals surface area contributed by atoms with Gasteiger partial charge in [-0.05, 0) is 12.8 Å². The molecule has 0 aromatic carbocycles. The molecule has 0 spiro atoms. The first-order valence-electron chi connectivity index (χ1n) is 5.44. The van der Waals surface area contributed by atoms with Gasteiger partial charge in [0.2, 0.25) is 5.13 Å². The van der Waals surface area contributed by atoms with Crippen molar-refractivity contribution in [1.82, 2.24) is 9.36 Å². The minimum Gasteiger partial charge on any atom is -0.383 e. The molecule has 92 valence electrons. The fourth-order valence-electron chi connectivity index (χ4n) is 1.34. The standard InChI is InChI=1S/C10H18ClN3OS/c1-3-4-9-13-10(16-14-9)12-8(5-6-11)7-15-2/h8H,3-7H2,1-2H3,(H,12,13,14). The lowest BCUT2D eigenvalue weighted by Gasteiger charge is -2.15. The maximum atomic E-state index is 5.72. The Hall–Kier alpha value is -0.390. The molecule has 1 N–H and O–H groups in total. The van der Waals surface area contributed by atoms with Crippen molar-refractivity contribution in [3.8, 4) is 0 Å². The Kier molecular flexibility index (Phi) is 6.68. The lowest BCUT2D eigenvalue weighted by Crippen LogP contribution is -2.25. The van der Waals surface area contributed by atoms with E-state index in [1.807, 2.05) is 0 Å². The Morgan fingerprint density at radius 3 is 3.00 bits per heavy atom. The van der Waals surface area contributed by atoms with Gasteiger partial charge in [0.1, 0.15) is 5.82 Å². The fraction of sp³-hybridized carbons (Fsp3) is 0.800. The lowest BCUT2D eigenvalue weighted by atomic mass is 10.2. The van der Waals surface area contributed by atoms with Gasteiger partial charge < -0.3 is 10.1 Å². The zero-order chi connectivity index (χ0) is 11.8. The molecule has 0 saturated carbocycles. The molecule has 1 aromatic heterocycles. The topological polar surface area (TPSA) is 47.0 Å². The van der Waals surface area contributed by atoms with Gasteiger partial charge in [0, 0.05) is 30.9 Å². The van der Waals surface area contributed by atoms with E-state index >= 15 is 0 Å². The summed E-state index contributed by atoms with van der Waals surface area (Å²) in [4.78, 5) is 4.40. The number of methoxy groups -OCH3 is 1. The minimum absolute atomic E-state index is 0.213. The minimum atomic E-state index is 0.213. The molecule has 4 nitrogen and oxygen atoms in total. The first-order chi connectivity index (χ1) is 7.80. The highest BCUT2D eigenvalue weighted by atomic mass is 35.5. The number of rotatable bonds is 8. The number of halogens is 1. The summed E-state index contributed by atoms with van der Waals surface area (Å²) in [6.07, 6.45) is 2.86. The van der Waals surface area contributed by atoms with E-state index in [2.05, 4.69) is 21.6 Å². The molecular weight excluding hydrogens is 246 g/mol. The summed E-state index contributed by atoms with van der Waals surface area (Å²) < 4.78 is 9.39. The molecule has 0 aliphatic rings. The number of alkyl halides is 1. The highest BCUT2D eigenvalue weighted by molar-refractivity contribution is 7.09. The quantitative estimate of drug-likeness (QED) is 0.733. The summed E-state index contributed by atoms with van der Waals surface area (Å²) in [5, 5.41) is 4.15. The summed E-state index contributed by atoms with van der Waals surface area (Å²) in [7, 11) is 1.69. The predicted molar refractivity (Wildman–Crippen MR) is 68.5 cm³/mol. The normalized spacial score (nSPS) is 12.7. The summed E-state index contributed by atoms with van der Waals surface area (Å²) in [6.45, 7) is 2.75. The van der Waals surface area contributed by atoms with Gasteiger partial charge in [0.15, 0.2) is 0 Å². The van der Waals surface area contributed by atoms with Crippen LogP contribution in [-0.2, 0) is 11.2 Å². The highest BCUT2D eigenvalue weighted by Gasteiger charge is 2.10. The number of aromatic nitrogens is 2. The zero-order valence-electron chi connectivity index (χ0n) is 9.70. The van der Waals surface area contributed by atoms with Crippen LogP contribution in [0.25, 0.3) is 0 Å². The van der Waals surface area contributed by atoms with E-state index in [1.54, 1.807) is 7.11 Å². The van der Waals surface area contributed by atoms with Crippen LogP contribution in [0.5, 0.6) is 0 Å². The smallest absolute Gasteiger partial charge is 0.202 e. The second-order valence-corrected chi connectivity index (χ2v) is 4.67.